The Balaban J connectivity index is 0. The summed E-state index contributed by atoms with van der Waals surface area (Å²) < 4.78 is 28.4. The monoisotopic (exact) mass is 324 g/mol. The van der Waals surface area contributed by atoms with Crippen molar-refractivity contribution in [2.75, 3.05) is 19.8 Å². The zero-order chi connectivity index (χ0) is 15.4. The van der Waals surface area contributed by atoms with Crippen molar-refractivity contribution in [2.24, 2.45) is 0 Å². The van der Waals surface area contributed by atoms with E-state index in [1.54, 1.807) is 0 Å². The predicted octanol–water partition coefficient (Wildman–Crippen LogP) is 0.764. The van der Waals surface area contributed by atoms with E-state index in [4.69, 9.17) is 33.8 Å². The summed E-state index contributed by atoms with van der Waals surface area (Å²) in [7, 11) is -8.95. The van der Waals surface area contributed by atoms with Crippen LogP contribution in [0.25, 0.3) is 0 Å². The molecule has 0 heterocycles. The van der Waals surface area contributed by atoms with E-state index in [1.807, 2.05) is 0 Å². The highest BCUT2D eigenvalue weighted by atomic mass is 31.2. The number of phosphoric ester groups is 1. The van der Waals surface area contributed by atoms with Crippen LogP contribution in [-0.4, -0.2) is 44.3 Å². The van der Waals surface area contributed by atoms with Crippen LogP contribution in [0.2, 0.25) is 0 Å². The molecule has 0 aromatic heterocycles. The molecule has 0 bridgehead atoms. The Morgan fingerprint density at radius 2 is 1.37 bits per heavy atom. The van der Waals surface area contributed by atoms with Gasteiger partial charge in [0.25, 0.3) is 0 Å². The van der Waals surface area contributed by atoms with E-state index in [1.165, 1.54) is 12.8 Å². The molecule has 0 aromatic rings. The molecule has 0 spiro atoms. The van der Waals surface area contributed by atoms with Crippen LogP contribution < -0.4 is 0 Å². The van der Waals surface area contributed by atoms with E-state index in [-0.39, 0.29) is 13.2 Å². The summed E-state index contributed by atoms with van der Waals surface area (Å²) in [6.07, 6.45) is 4.50. The fourth-order valence-corrected chi connectivity index (χ4v) is 1.26. The molecule has 0 fully saturated rings. The highest BCUT2D eigenvalue weighted by Gasteiger charge is 2.12. The SMILES string of the molecule is CCCCCCOCCOP(=O)(O)O.O=P(O)(O)O. The fourth-order valence-electron chi connectivity index (χ4n) is 0.948. The molecule has 0 radical (unpaired) electrons. The third-order valence-corrected chi connectivity index (χ3v) is 2.15. The molecule has 0 aromatic carbocycles. The smallest absolute Gasteiger partial charge is 0.379 e. The molecule has 5 N–H and O–H groups in total. The first-order valence-electron chi connectivity index (χ1n) is 5.62. The van der Waals surface area contributed by atoms with Crippen molar-refractivity contribution in [2.45, 2.75) is 32.6 Å². The maximum absolute atomic E-state index is 10.2. The Morgan fingerprint density at radius 1 is 0.842 bits per heavy atom. The van der Waals surface area contributed by atoms with E-state index in [0.717, 1.165) is 12.8 Å². The Hall–Kier alpha value is 0.180. The van der Waals surface area contributed by atoms with Gasteiger partial charge in [-0.2, -0.15) is 0 Å². The highest BCUT2D eigenvalue weighted by molar-refractivity contribution is 7.46. The van der Waals surface area contributed by atoms with Gasteiger partial charge in [-0.25, -0.2) is 9.13 Å². The maximum Gasteiger partial charge on any atom is 0.469 e. The molecule has 0 aliphatic rings. The number of phosphoric acid groups is 2. The van der Waals surface area contributed by atoms with Gasteiger partial charge in [0.1, 0.15) is 0 Å². The minimum Gasteiger partial charge on any atom is -0.379 e. The summed E-state index contributed by atoms with van der Waals surface area (Å²) in [6, 6.07) is 0. The van der Waals surface area contributed by atoms with Gasteiger partial charge in [-0.3, -0.25) is 4.52 Å². The van der Waals surface area contributed by atoms with Crippen LogP contribution in [0.1, 0.15) is 32.6 Å². The lowest BCUT2D eigenvalue weighted by Crippen LogP contribution is -2.04. The third-order valence-electron chi connectivity index (χ3n) is 1.63. The lowest BCUT2D eigenvalue weighted by molar-refractivity contribution is 0.0832. The summed E-state index contributed by atoms with van der Waals surface area (Å²) >= 11 is 0. The van der Waals surface area contributed by atoms with Crippen molar-refractivity contribution in [1.29, 1.82) is 0 Å². The largest absolute Gasteiger partial charge is 0.469 e. The minimum atomic E-state index is -4.64. The lowest BCUT2D eigenvalue weighted by Gasteiger charge is -2.05. The van der Waals surface area contributed by atoms with Gasteiger partial charge < -0.3 is 29.2 Å². The molecular weight excluding hydrogens is 302 g/mol. The molecule has 0 amide bonds. The number of unbranched alkanes of at least 4 members (excludes halogenated alkanes) is 3. The van der Waals surface area contributed by atoms with E-state index < -0.39 is 15.6 Å². The summed E-state index contributed by atoms with van der Waals surface area (Å²) in [6.45, 7) is 2.94. The standard InChI is InChI=1S/C8H19O5P.H3O4P/c1-2-3-4-5-6-12-7-8-13-14(9,10)11;1-5(2,3)4/h2-8H2,1H3,(H2,9,10,11);(H3,1,2,3,4). The Labute approximate surface area is 112 Å². The minimum absolute atomic E-state index is 0.0575. The van der Waals surface area contributed by atoms with Gasteiger partial charge in [-0.15, -0.1) is 0 Å². The second kappa shape index (κ2) is 12.0. The number of hydrogen-bond acceptors (Lipinski definition) is 4. The van der Waals surface area contributed by atoms with Gasteiger partial charge in [0.05, 0.1) is 13.2 Å². The van der Waals surface area contributed by atoms with Crippen molar-refractivity contribution in [3.05, 3.63) is 0 Å². The van der Waals surface area contributed by atoms with Gasteiger partial charge in [0, 0.05) is 6.61 Å². The van der Waals surface area contributed by atoms with Gasteiger partial charge >= 0.3 is 15.6 Å². The molecule has 0 unspecified atom stereocenters. The van der Waals surface area contributed by atoms with Gasteiger partial charge in [-0.05, 0) is 6.42 Å². The molecule has 118 valence electrons. The molecular formula is C8H22O9P2. The van der Waals surface area contributed by atoms with Crippen LogP contribution in [0.15, 0.2) is 0 Å². The molecule has 0 aliphatic heterocycles. The normalized spacial score (nSPS) is 11.9. The van der Waals surface area contributed by atoms with Crippen LogP contribution in [0.4, 0.5) is 0 Å². The predicted molar refractivity (Wildman–Crippen MR) is 67.2 cm³/mol. The van der Waals surface area contributed by atoms with Crippen molar-refractivity contribution >= 4 is 15.6 Å². The summed E-state index contributed by atoms with van der Waals surface area (Å²) in [5.74, 6) is 0. The molecule has 9 nitrogen and oxygen atoms in total. The zero-order valence-corrected chi connectivity index (χ0v) is 12.5. The van der Waals surface area contributed by atoms with Crippen LogP contribution in [0.3, 0.4) is 0 Å². The Morgan fingerprint density at radius 3 is 1.79 bits per heavy atom. The van der Waals surface area contributed by atoms with Crippen LogP contribution in [-0.2, 0) is 18.4 Å². The average Bonchev–Trinajstić information content (AvgIpc) is 2.18. The summed E-state index contributed by atoms with van der Waals surface area (Å²) in [4.78, 5) is 38.2. The first-order valence-corrected chi connectivity index (χ1v) is 8.72. The molecule has 0 aliphatic carbocycles. The van der Waals surface area contributed by atoms with Crippen molar-refractivity contribution in [3.8, 4) is 0 Å². The van der Waals surface area contributed by atoms with E-state index in [9.17, 15) is 4.57 Å². The molecule has 19 heavy (non-hydrogen) atoms. The summed E-state index contributed by atoms with van der Waals surface area (Å²) in [5.41, 5.74) is 0. The Bertz CT molecular complexity index is 276. The van der Waals surface area contributed by atoms with Gasteiger partial charge in [0.15, 0.2) is 0 Å². The summed E-state index contributed by atoms with van der Waals surface area (Å²) in [5, 5.41) is 0. The first-order chi connectivity index (χ1) is 8.56. The molecule has 0 atom stereocenters. The topological polar surface area (TPSA) is 154 Å². The second-order valence-electron chi connectivity index (χ2n) is 3.51. The number of rotatable bonds is 9. The quantitative estimate of drug-likeness (QED) is 0.305. The van der Waals surface area contributed by atoms with E-state index in [0.29, 0.717) is 6.61 Å². The molecule has 11 heteroatoms. The maximum atomic E-state index is 10.2. The molecule has 0 saturated carbocycles. The molecule has 0 rings (SSSR count). The van der Waals surface area contributed by atoms with Crippen molar-refractivity contribution in [3.63, 3.8) is 0 Å². The number of hydrogen-bond donors (Lipinski definition) is 5. The van der Waals surface area contributed by atoms with Gasteiger partial charge in [0.2, 0.25) is 0 Å². The van der Waals surface area contributed by atoms with Crippen molar-refractivity contribution < 1.29 is 42.9 Å². The fraction of sp³-hybridized carbons (Fsp3) is 1.00. The number of ether oxygens (including phenoxy) is 1. The zero-order valence-electron chi connectivity index (χ0n) is 10.7. The Kier molecular flexibility index (Phi) is 13.5. The average molecular weight is 324 g/mol. The van der Waals surface area contributed by atoms with Crippen molar-refractivity contribution in [1.82, 2.24) is 0 Å². The highest BCUT2D eigenvalue weighted by Crippen LogP contribution is 2.35. The van der Waals surface area contributed by atoms with Crippen LogP contribution in [0.5, 0.6) is 0 Å². The van der Waals surface area contributed by atoms with Gasteiger partial charge in [-0.1, -0.05) is 26.2 Å². The van der Waals surface area contributed by atoms with E-state index >= 15 is 0 Å². The van der Waals surface area contributed by atoms with Crippen LogP contribution in [0, 0.1) is 0 Å². The van der Waals surface area contributed by atoms with Crippen LogP contribution >= 0.6 is 15.6 Å². The first kappa shape index (κ1) is 21.5. The molecule has 0 saturated heterocycles. The van der Waals surface area contributed by atoms with E-state index in [2.05, 4.69) is 11.4 Å². The third kappa shape index (κ3) is 38.1. The lowest BCUT2D eigenvalue weighted by atomic mass is 10.2. The second-order valence-corrected chi connectivity index (χ2v) is 5.78.